The lowest BCUT2D eigenvalue weighted by molar-refractivity contribution is -0.133. The van der Waals surface area contributed by atoms with Gasteiger partial charge in [0.1, 0.15) is 5.54 Å². The van der Waals surface area contributed by atoms with Gasteiger partial charge in [-0.3, -0.25) is 9.69 Å². The first-order chi connectivity index (χ1) is 10.5. The standard InChI is InChI=1S/C16H23N3O2S/c1-4-16-6-5-7-19(16)15(21)18(14(16)20)10-12-9-17-13(22-12)8-11(2)3/h9,11H,4-8,10H2,1-3H3/t16-/m0/s1. The topological polar surface area (TPSA) is 53.5 Å². The van der Waals surface area contributed by atoms with Crippen LogP contribution in [0.25, 0.3) is 0 Å². The molecule has 0 aliphatic carbocycles. The maximum Gasteiger partial charge on any atom is 0.328 e. The summed E-state index contributed by atoms with van der Waals surface area (Å²) in [6, 6.07) is -0.122. The highest BCUT2D eigenvalue weighted by Gasteiger charge is 2.58. The zero-order valence-corrected chi connectivity index (χ0v) is 14.3. The lowest BCUT2D eigenvalue weighted by Gasteiger charge is -2.26. The van der Waals surface area contributed by atoms with Crippen molar-refractivity contribution in [3.63, 3.8) is 0 Å². The van der Waals surface area contributed by atoms with Gasteiger partial charge in [-0.15, -0.1) is 11.3 Å². The Hall–Kier alpha value is -1.43. The summed E-state index contributed by atoms with van der Waals surface area (Å²) < 4.78 is 0. The number of thiazole rings is 1. The van der Waals surface area contributed by atoms with E-state index in [1.165, 1.54) is 4.90 Å². The third kappa shape index (κ3) is 2.33. The van der Waals surface area contributed by atoms with Gasteiger partial charge in [0, 0.05) is 24.0 Å². The first-order valence-corrected chi connectivity index (χ1v) is 8.86. The number of hydrogen-bond donors (Lipinski definition) is 0. The minimum atomic E-state index is -0.567. The van der Waals surface area contributed by atoms with E-state index >= 15 is 0 Å². The number of aromatic nitrogens is 1. The fourth-order valence-electron chi connectivity index (χ4n) is 3.54. The van der Waals surface area contributed by atoms with Crippen molar-refractivity contribution < 1.29 is 9.59 Å². The van der Waals surface area contributed by atoms with Crippen LogP contribution >= 0.6 is 11.3 Å². The minimum Gasteiger partial charge on any atom is -0.310 e. The monoisotopic (exact) mass is 321 g/mol. The van der Waals surface area contributed by atoms with Gasteiger partial charge in [0.25, 0.3) is 5.91 Å². The van der Waals surface area contributed by atoms with E-state index in [1.807, 2.05) is 13.1 Å². The van der Waals surface area contributed by atoms with Crippen molar-refractivity contribution in [1.82, 2.24) is 14.8 Å². The van der Waals surface area contributed by atoms with Gasteiger partial charge in [0.2, 0.25) is 0 Å². The fourth-order valence-corrected chi connectivity index (χ4v) is 4.67. The van der Waals surface area contributed by atoms with E-state index < -0.39 is 5.54 Å². The summed E-state index contributed by atoms with van der Waals surface area (Å²) in [7, 11) is 0. The molecule has 2 saturated heterocycles. The molecule has 3 rings (SSSR count). The molecule has 2 aliphatic heterocycles. The van der Waals surface area contributed by atoms with Gasteiger partial charge in [-0.05, 0) is 25.2 Å². The molecule has 2 aliphatic rings. The molecule has 3 heterocycles. The van der Waals surface area contributed by atoms with Gasteiger partial charge >= 0.3 is 6.03 Å². The Labute approximate surface area is 135 Å². The molecule has 0 N–H and O–H groups in total. The smallest absolute Gasteiger partial charge is 0.310 e. The average molecular weight is 321 g/mol. The zero-order valence-electron chi connectivity index (χ0n) is 13.5. The third-order valence-corrected chi connectivity index (χ3v) is 5.68. The van der Waals surface area contributed by atoms with Crippen molar-refractivity contribution in [2.45, 2.75) is 58.5 Å². The molecule has 0 aromatic carbocycles. The number of nitrogens with zero attached hydrogens (tertiary/aromatic N) is 3. The van der Waals surface area contributed by atoms with Gasteiger partial charge in [-0.1, -0.05) is 20.8 Å². The molecular formula is C16H23N3O2S. The predicted molar refractivity (Wildman–Crippen MR) is 85.6 cm³/mol. The summed E-state index contributed by atoms with van der Waals surface area (Å²) in [4.78, 5) is 34.0. The number of imide groups is 1. The second kappa shape index (κ2) is 5.65. The van der Waals surface area contributed by atoms with Crippen molar-refractivity contribution in [3.8, 4) is 0 Å². The molecule has 0 radical (unpaired) electrons. The van der Waals surface area contributed by atoms with Crippen LogP contribution in [0.5, 0.6) is 0 Å². The molecule has 22 heavy (non-hydrogen) atoms. The number of carbonyl (C=O) groups excluding carboxylic acids is 2. The van der Waals surface area contributed by atoms with E-state index in [-0.39, 0.29) is 11.9 Å². The quantitative estimate of drug-likeness (QED) is 0.783. The molecule has 6 heteroatoms. The molecule has 0 spiro atoms. The molecule has 2 fully saturated rings. The normalized spacial score (nSPS) is 24.7. The predicted octanol–water partition coefficient (Wildman–Crippen LogP) is 3.05. The molecule has 0 unspecified atom stereocenters. The van der Waals surface area contributed by atoms with Gasteiger partial charge in [-0.25, -0.2) is 9.78 Å². The van der Waals surface area contributed by atoms with Crippen LogP contribution in [0.1, 0.15) is 49.9 Å². The van der Waals surface area contributed by atoms with Crippen LogP contribution in [0.15, 0.2) is 6.20 Å². The Morgan fingerprint density at radius 1 is 1.41 bits per heavy atom. The van der Waals surface area contributed by atoms with Crippen LogP contribution < -0.4 is 0 Å². The molecular weight excluding hydrogens is 298 g/mol. The molecule has 1 atom stereocenters. The summed E-state index contributed by atoms with van der Waals surface area (Å²) in [6.45, 7) is 7.39. The summed E-state index contributed by atoms with van der Waals surface area (Å²) >= 11 is 1.61. The Morgan fingerprint density at radius 2 is 2.18 bits per heavy atom. The van der Waals surface area contributed by atoms with Crippen LogP contribution in [0, 0.1) is 5.92 Å². The molecule has 1 aromatic rings. The Kier molecular flexibility index (Phi) is 3.97. The number of hydrogen-bond acceptors (Lipinski definition) is 4. The minimum absolute atomic E-state index is 0.0173. The average Bonchev–Trinajstić information content (AvgIpc) is 3.13. The van der Waals surface area contributed by atoms with Crippen LogP contribution in [-0.2, 0) is 17.8 Å². The van der Waals surface area contributed by atoms with Crippen LogP contribution in [0.4, 0.5) is 4.79 Å². The highest BCUT2D eigenvalue weighted by Crippen LogP contribution is 2.40. The van der Waals surface area contributed by atoms with E-state index in [0.717, 1.165) is 29.1 Å². The lowest BCUT2D eigenvalue weighted by atomic mass is 9.93. The number of amides is 3. The van der Waals surface area contributed by atoms with E-state index in [0.29, 0.717) is 25.4 Å². The van der Waals surface area contributed by atoms with Crippen molar-refractivity contribution in [3.05, 3.63) is 16.1 Å². The highest BCUT2D eigenvalue weighted by atomic mass is 32.1. The second-order valence-corrected chi connectivity index (χ2v) is 7.83. The summed E-state index contributed by atoms with van der Waals surface area (Å²) in [5.41, 5.74) is -0.567. The van der Waals surface area contributed by atoms with E-state index in [4.69, 9.17) is 0 Å². The number of rotatable bonds is 5. The summed E-state index contributed by atoms with van der Waals surface area (Å²) in [6.07, 6.45) is 5.18. The fraction of sp³-hybridized carbons (Fsp3) is 0.688. The van der Waals surface area contributed by atoms with E-state index in [9.17, 15) is 9.59 Å². The molecule has 0 bridgehead atoms. The molecule has 3 amide bonds. The summed E-state index contributed by atoms with van der Waals surface area (Å²) in [5.74, 6) is 0.541. The second-order valence-electron chi connectivity index (χ2n) is 6.63. The van der Waals surface area contributed by atoms with Gasteiger partial charge in [0.15, 0.2) is 0 Å². The summed E-state index contributed by atoms with van der Waals surface area (Å²) in [5, 5.41) is 1.08. The van der Waals surface area contributed by atoms with Crippen LogP contribution in [0.3, 0.4) is 0 Å². The lowest BCUT2D eigenvalue weighted by Crippen LogP contribution is -2.44. The molecule has 5 nitrogen and oxygen atoms in total. The largest absolute Gasteiger partial charge is 0.328 e. The molecule has 120 valence electrons. The van der Waals surface area contributed by atoms with E-state index in [2.05, 4.69) is 18.8 Å². The number of fused-ring (bicyclic) bond motifs is 1. The first-order valence-electron chi connectivity index (χ1n) is 8.05. The first kappa shape index (κ1) is 15.5. The molecule has 1 aromatic heterocycles. The van der Waals surface area contributed by atoms with Crippen LogP contribution in [-0.4, -0.2) is 38.8 Å². The number of urea groups is 1. The Morgan fingerprint density at radius 3 is 2.82 bits per heavy atom. The Bertz CT molecular complexity index is 598. The van der Waals surface area contributed by atoms with Crippen molar-refractivity contribution in [2.24, 2.45) is 5.92 Å². The maximum atomic E-state index is 12.8. The van der Waals surface area contributed by atoms with Gasteiger partial charge < -0.3 is 4.90 Å². The Balaban J connectivity index is 1.77. The van der Waals surface area contributed by atoms with Gasteiger partial charge in [0.05, 0.1) is 11.6 Å². The zero-order chi connectivity index (χ0) is 15.9. The van der Waals surface area contributed by atoms with Crippen molar-refractivity contribution in [1.29, 1.82) is 0 Å². The van der Waals surface area contributed by atoms with Crippen molar-refractivity contribution in [2.75, 3.05) is 6.54 Å². The molecule has 0 saturated carbocycles. The maximum absolute atomic E-state index is 12.8. The SMILES string of the molecule is CC[C@@]12CCCN1C(=O)N(Cc1cnc(CC(C)C)s1)C2=O. The highest BCUT2D eigenvalue weighted by molar-refractivity contribution is 7.11. The van der Waals surface area contributed by atoms with Crippen LogP contribution in [0.2, 0.25) is 0 Å². The van der Waals surface area contributed by atoms with Crippen molar-refractivity contribution >= 4 is 23.3 Å². The van der Waals surface area contributed by atoms with Gasteiger partial charge in [-0.2, -0.15) is 0 Å². The number of carbonyl (C=O) groups is 2. The third-order valence-electron chi connectivity index (χ3n) is 4.68. The van der Waals surface area contributed by atoms with E-state index in [1.54, 1.807) is 16.2 Å².